The smallest absolute Gasteiger partial charge is 0.147 e. The number of nitrogens with zero attached hydrogens (tertiary/aromatic N) is 2. The van der Waals surface area contributed by atoms with Gasteiger partial charge in [-0.25, -0.2) is 4.98 Å². The summed E-state index contributed by atoms with van der Waals surface area (Å²) < 4.78 is 5.75. The largest absolute Gasteiger partial charge is 0.491 e. The van der Waals surface area contributed by atoms with E-state index >= 15 is 0 Å². The second-order valence-corrected chi connectivity index (χ2v) is 5.33. The minimum atomic E-state index is 0.416. The standard InChI is InChI=1S/C15H14Cl2N2O/c16-8-11-7-13(17)15(18-9-11)19-5-6-20-14-4-2-1-3-12(14)10-19/h1-4,7,9H,5-6,8,10H2. The number of hydrogen-bond acceptors (Lipinski definition) is 3. The molecule has 0 bridgehead atoms. The molecule has 20 heavy (non-hydrogen) atoms. The van der Waals surface area contributed by atoms with Crippen LogP contribution in [0.2, 0.25) is 5.02 Å². The third-order valence-electron chi connectivity index (χ3n) is 3.28. The molecule has 2 heterocycles. The quantitative estimate of drug-likeness (QED) is 0.787. The van der Waals surface area contributed by atoms with Gasteiger partial charge < -0.3 is 9.64 Å². The van der Waals surface area contributed by atoms with Gasteiger partial charge in [-0.1, -0.05) is 29.8 Å². The molecule has 1 aliphatic rings. The third-order valence-corrected chi connectivity index (χ3v) is 3.87. The van der Waals surface area contributed by atoms with Crippen LogP contribution in [0.15, 0.2) is 36.5 Å². The lowest BCUT2D eigenvalue weighted by atomic mass is 10.2. The van der Waals surface area contributed by atoms with Gasteiger partial charge >= 0.3 is 0 Å². The van der Waals surface area contributed by atoms with Crippen LogP contribution in [0.5, 0.6) is 5.75 Å². The van der Waals surface area contributed by atoms with Crippen molar-refractivity contribution in [2.45, 2.75) is 12.4 Å². The first-order chi connectivity index (χ1) is 9.78. The molecular formula is C15H14Cl2N2O. The SMILES string of the molecule is ClCc1cnc(N2CCOc3ccccc3C2)c(Cl)c1. The maximum absolute atomic E-state index is 6.32. The minimum absolute atomic E-state index is 0.416. The van der Waals surface area contributed by atoms with Crippen LogP contribution in [-0.2, 0) is 12.4 Å². The van der Waals surface area contributed by atoms with Crippen LogP contribution in [0, 0.1) is 0 Å². The lowest BCUT2D eigenvalue weighted by Gasteiger charge is -2.22. The zero-order valence-corrected chi connectivity index (χ0v) is 12.4. The van der Waals surface area contributed by atoms with Crippen LogP contribution >= 0.6 is 23.2 Å². The van der Waals surface area contributed by atoms with Gasteiger partial charge in [0, 0.05) is 24.2 Å². The molecule has 3 nitrogen and oxygen atoms in total. The number of hydrogen-bond donors (Lipinski definition) is 0. The van der Waals surface area contributed by atoms with E-state index in [1.165, 1.54) is 0 Å². The molecule has 3 rings (SSSR count). The van der Waals surface area contributed by atoms with Crippen LogP contribution < -0.4 is 9.64 Å². The number of anilines is 1. The monoisotopic (exact) mass is 308 g/mol. The molecule has 5 heteroatoms. The van der Waals surface area contributed by atoms with Crippen LogP contribution in [-0.4, -0.2) is 18.1 Å². The molecule has 0 radical (unpaired) electrons. The van der Waals surface area contributed by atoms with Gasteiger partial charge in [-0.2, -0.15) is 0 Å². The van der Waals surface area contributed by atoms with E-state index in [1.807, 2.05) is 24.3 Å². The lowest BCUT2D eigenvalue weighted by Crippen LogP contribution is -2.26. The molecule has 0 N–H and O–H groups in total. The Morgan fingerprint density at radius 2 is 2.15 bits per heavy atom. The third kappa shape index (κ3) is 2.69. The van der Waals surface area contributed by atoms with Crippen molar-refractivity contribution in [1.29, 1.82) is 0 Å². The van der Waals surface area contributed by atoms with Crippen molar-refractivity contribution >= 4 is 29.0 Å². The van der Waals surface area contributed by atoms with Gasteiger partial charge in [0.2, 0.25) is 0 Å². The summed E-state index contributed by atoms with van der Waals surface area (Å²) in [6, 6.07) is 9.92. The number of benzene rings is 1. The molecule has 1 aromatic heterocycles. The van der Waals surface area contributed by atoms with Gasteiger partial charge in [0.15, 0.2) is 0 Å². The highest BCUT2D eigenvalue weighted by molar-refractivity contribution is 6.33. The van der Waals surface area contributed by atoms with Crippen molar-refractivity contribution < 1.29 is 4.74 Å². The van der Waals surface area contributed by atoms with Crippen molar-refractivity contribution in [2.24, 2.45) is 0 Å². The van der Waals surface area contributed by atoms with Crippen LogP contribution in [0.1, 0.15) is 11.1 Å². The molecule has 2 aromatic rings. The number of aromatic nitrogens is 1. The van der Waals surface area contributed by atoms with E-state index in [9.17, 15) is 0 Å². The molecule has 0 spiro atoms. The van der Waals surface area contributed by atoms with E-state index in [4.69, 9.17) is 27.9 Å². The number of fused-ring (bicyclic) bond motifs is 1. The van der Waals surface area contributed by atoms with Crippen LogP contribution in [0.4, 0.5) is 5.82 Å². The van der Waals surface area contributed by atoms with Crippen LogP contribution in [0.3, 0.4) is 0 Å². The molecule has 0 fully saturated rings. The Balaban J connectivity index is 1.91. The summed E-state index contributed by atoms with van der Waals surface area (Å²) in [5, 5.41) is 0.627. The summed E-state index contributed by atoms with van der Waals surface area (Å²) in [4.78, 5) is 6.57. The normalized spacial score (nSPS) is 14.4. The van der Waals surface area contributed by atoms with E-state index in [-0.39, 0.29) is 0 Å². The van der Waals surface area contributed by atoms with Gasteiger partial charge in [0.25, 0.3) is 0 Å². The maximum atomic E-state index is 6.32. The summed E-state index contributed by atoms with van der Waals surface area (Å²) in [7, 11) is 0. The topological polar surface area (TPSA) is 25.4 Å². The first-order valence-electron chi connectivity index (χ1n) is 6.44. The zero-order chi connectivity index (χ0) is 13.9. The second kappa shape index (κ2) is 5.90. The first kappa shape index (κ1) is 13.5. The van der Waals surface area contributed by atoms with E-state index in [2.05, 4.69) is 16.0 Å². The lowest BCUT2D eigenvalue weighted by molar-refractivity contribution is 0.331. The van der Waals surface area contributed by atoms with Crippen molar-refractivity contribution in [1.82, 2.24) is 4.98 Å². The highest BCUT2D eigenvalue weighted by Crippen LogP contribution is 2.29. The number of rotatable bonds is 2. The van der Waals surface area contributed by atoms with E-state index in [1.54, 1.807) is 6.20 Å². The van der Waals surface area contributed by atoms with E-state index in [0.29, 0.717) is 17.5 Å². The Labute approximate surface area is 128 Å². The summed E-state index contributed by atoms with van der Waals surface area (Å²) in [5.41, 5.74) is 2.07. The number of ether oxygens (including phenoxy) is 1. The molecule has 1 aromatic carbocycles. The molecule has 0 saturated heterocycles. The van der Waals surface area contributed by atoms with Gasteiger partial charge in [-0.05, 0) is 17.7 Å². The maximum Gasteiger partial charge on any atom is 0.147 e. The average Bonchev–Trinajstić information content (AvgIpc) is 2.69. The Morgan fingerprint density at radius 3 is 2.95 bits per heavy atom. The molecule has 1 aliphatic heterocycles. The summed E-state index contributed by atoms with van der Waals surface area (Å²) in [6.07, 6.45) is 1.77. The molecule has 0 saturated carbocycles. The van der Waals surface area contributed by atoms with Gasteiger partial charge in [-0.15, -0.1) is 11.6 Å². The predicted octanol–water partition coefficient (Wildman–Crippen LogP) is 3.87. The molecule has 0 atom stereocenters. The minimum Gasteiger partial charge on any atom is -0.491 e. The van der Waals surface area contributed by atoms with Crippen molar-refractivity contribution in [3.63, 3.8) is 0 Å². The van der Waals surface area contributed by atoms with E-state index < -0.39 is 0 Å². The highest BCUT2D eigenvalue weighted by Gasteiger charge is 2.18. The van der Waals surface area contributed by atoms with Crippen LogP contribution in [0.25, 0.3) is 0 Å². The zero-order valence-electron chi connectivity index (χ0n) is 10.9. The Bertz CT molecular complexity index is 619. The summed E-state index contributed by atoms with van der Waals surface area (Å²) in [5.74, 6) is 2.13. The predicted molar refractivity (Wildman–Crippen MR) is 81.8 cm³/mol. The Morgan fingerprint density at radius 1 is 1.30 bits per heavy atom. The number of pyridine rings is 1. The van der Waals surface area contributed by atoms with Gasteiger partial charge in [0.05, 0.1) is 11.6 Å². The fourth-order valence-corrected chi connectivity index (χ4v) is 2.74. The first-order valence-corrected chi connectivity index (χ1v) is 7.35. The van der Waals surface area contributed by atoms with E-state index in [0.717, 1.165) is 35.8 Å². The second-order valence-electron chi connectivity index (χ2n) is 4.66. The average molecular weight is 309 g/mol. The van der Waals surface area contributed by atoms with Crippen molar-refractivity contribution in [2.75, 3.05) is 18.1 Å². The van der Waals surface area contributed by atoms with Gasteiger partial charge in [0.1, 0.15) is 18.2 Å². The molecule has 0 unspecified atom stereocenters. The number of para-hydroxylation sites is 1. The summed E-state index contributed by atoms with van der Waals surface area (Å²) in [6.45, 7) is 2.11. The fraction of sp³-hybridized carbons (Fsp3) is 0.267. The molecule has 0 amide bonds. The summed E-state index contributed by atoms with van der Waals surface area (Å²) >= 11 is 12.1. The van der Waals surface area contributed by atoms with Crippen molar-refractivity contribution in [3.8, 4) is 5.75 Å². The molecular weight excluding hydrogens is 295 g/mol. The molecule has 104 valence electrons. The van der Waals surface area contributed by atoms with Crippen molar-refractivity contribution in [3.05, 3.63) is 52.7 Å². The highest BCUT2D eigenvalue weighted by atomic mass is 35.5. The fourth-order valence-electron chi connectivity index (χ4n) is 2.28. The Kier molecular flexibility index (Phi) is 3.99. The number of alkyl halides is 1. The number of halogens is 2. The van der Waals surface area contributed by atoms with Gasteiger partial charge in [-0.3, -0.25) is 0 Å². The Hall–Kier alpha value is -1.45. The molecule has 0 aliphatic carbocycles.